The van der Waals surface area contributed by atoms with Gasteiger partial charge in [-0.15, -0.1) is 0 Å². The number of nitrogens with one attached hydrogen (secondary N) is 1. The zero-order valence-electron chi connectivity index (χ0n) is 17.6. The molecule has 1 aliphatic heterocycles. The number of hydrogen-bond acceptors (Lipinski definition) is 5. The van der Waals surface area contributed by atoms with Crippen LogP contribution in [0.4, 0.5) is 0 Å². The van der Waals surface area contributed by atoms with Crippen LogP contribution in [0.1, 0.15) is 15.9 Å². The molecule has 6 heteroatoms. The summed E-state index contributed by atoms with van der Waals surface area (Å²) in [6.07, 6.45) is 0.909. The Morgan fingerprint density at radius 1 is 1.00 bits per heavy atom. The Morgan fingerprint density at radius 3 is 2.21 bits per heavy atom. The van der Waals surface area contributed by atoms with Crippen LogP contribution in [0.15, 0.2) is 48.5 Å². The number of benzene rings is 2. The first-order valence-electron chi connectivity index (χ1n) is 10.1. The zero-order valence-corrected chi connectivity index (χ0v) is 17.6. The third-order valence-electron chi connectivity index (χ3n) is 5.48. The summed E-state index contributed by atoms with van der Waals surface area (Å²) < 4.78 is 10.6. The molecule has 1 unspecified atom stereocenters. The lowest BCUT2D eigenvalue weighted by molar-refractivity contribution is 0.0885. The SMILES string of the molecule is COc1cc(OC)cc(C(=O)NCC(Cc2ccccc2)N2CCN(C)CC2)c1. The maximum atomic E-state index is 12.8. The molecule has 1 atom stereocenters. The van der Waals surface area contributed by atoms with E-state index >= 15 is 0 Å². The molecule has 0 radical (unpaired) electrons. The summed E-state index contributed by atoms with van der Waals surface area (Å²) in [4.78, 5) is 17.7. The lowest BCUT2D eigenvalue weighted by Crippen LogP contribution is -2.53. The summed E-state index contributed by atoms with van der Waals surface area (Å²) in [7, 11) is 5.32. The molecule has 1 aliphatic rings. The van der Waals surface area contributed by atoms with Gasteiger partial charge in [-0.1, -0.05) is 30.3 Å². The fourth-order valence-corrected chi connectivity index (χ4v) is 3.65. The molecule has 2 aromatic carbocycles. The second kappa shape index (κ2) is 10.3. The number of piperazine rings is 1. The van der Waals surface area contributed by atoms with Crippen LogP contribution in [0.3, 0.4) is 0 Å². The summed E-state index contributed by atoms with van der Waals surface area (Å²) in [5.74, 6) is 1.10. The standard InChI is InChI=1S/C23H31N3O3/c1-25-9-11-26(12-10-25)20(13-18-7-5-4-6-8-18)17-24-23(27)19-14-21(28-2)16-22(15-19)29-3/h4-8,14-16,20H,9-13,17H2,1-3H3,(H,24,27). The van der Waals surface area contributed by atoms with Crippen LogP contribution in [0, 0.1) is 0 Å². The Hall–Kier alpha value is -2.57. The van der Waals surface area contributed by atoms with E-state index in [1.165, 1.54) is 5.56 Å². The minimum atomic E-state index is -0.116. The molecule has 0 aromatic heterocycles. The van der Waals surface area contributed by atoms with Crippen LogP contribution in [-0.2, 0) is 6.42 Å². The quantitative estimate of drug-likeness (QED) is 0.741. The molecule has 29 heavy (non-hydrogen) atoms. The van der Waals surface area contributed by atoms with Gasteiger partial charge in [-0.05, 0) is 31.2 Å². The van der Waals surface area contributed by atoms with E-state index in [1.54, 1.807) is 32.4 Å². The molecule has 0 aliphatic carbocycles. The first-order valence-corrected chi connectivity index (χ1v) is 10.1. The number of nitrogens with zero attached hydrogens (tertiary/aromatic N) is 2. The fourth-order valence-electron chi connectivity index (χ4n) is 3.65. The Kier molecular flexibility index (Phi) is 7.49. The molecule has 1 saturated heterocycles. The molecule has 2 aromatic rings. The summed E-state index contributed by atoms with van der Waals surface area (Å²) >= 11 is 0. The highest BCUT2D eigenvalue weighted by Gasteiger charge is 2.23. The largest absolute Gasteiger partial charge is 0.497 e. The predicted molar refractivity (Wildman–Crippen MR) is 115 cm³/mol. The average molecular weight is 398 g/mol. The predicted octanol–water partition coefficient (Wildman–Crippen LogP) is 2.29. The van der Waals surface area contributed by atoms with Gasteiger partial charge in [0.15, 0.2) is 0 Å². The van der Waals surface area contributed by atoms with Crippen LogP contribution in [0.25, 0.3) is 0 Å². The molecule has 3 rings (SSSR count). The maximum absolute atomic E-state index is 12.8. The van der Waals surface area contributed by atoms with Gasteiger partial charge in [0.1, 0.15) is 11.5 Å². The maximum Gasteiger partial charge on any atom is 0.251 e. The van der Waals surface area contributed by atoms with Crippen molar-refractivity contribution in [2.24, 2.45) is 0 Å². The lowest BCUT2D eigenvalue weighted by atomic mass is 10.0. The van der Waals surface area contributed by atoms with Crippen molar-refractivity contribution < 1.29 is 14.3 Å². The molecular weight excluding hydrogens is 366 g/mol. The van der Waals surface area contributed by atoms with E-state index in [0.29, 0.717) is 23.6 Å². The van der Waals surface area contributed by atoms with Gasteiger partial charge in [-0.2, -0.15) is 0 Å². The molecule has 6 nitrogen and oxygen atoms in total. The second-order valence-electron chi connectivity index (χ2n) is 7.49. The first-order chi connectivity index (χ1) is 14.1. The number of rotatable bonds is 8. The average Bonchev–Trinajstić information content (AvgIpc) is 2.77. The normalized spacial score (nSPS) is 16.2. The highest BCUT2D eigenvalue weighted by Crippen LogP contribution is 2.22. The molecule has 0 spiro atoms. The van der Waals surface area contributed by atoms with Gasteiger partial charge >= 0.3 is 0 Å². The molecule has 0 bridgehead atoms. The van der Waals surface area contributed by atoms with Crippen molar-refractivity contribution >= 4 is 5.91 Å². The molecule has 0 saturated carbocycles. The van der Waals surface area contributed by atoms with Gasteiger partial charge < -0.3 is 19.7 Å². The highest BCUT2D eigenvalue weighted by atomic mass is 16.5. The van der Waals surface area contributed by atoms with E-state index < -0.39 is 0 Å². The number of carbonyl (C=O) groups is 1. The van der Waals surface area contributed by atoms with Crippen molar-refractivity contribution in [2.45, 2.75) is 12.5 Å². The van der Waals surface area contributed by atoms with Gasteiger partial charge in [0.2, 0.25) is 0 Å². The van der Waals surface area contributed by atoms with Crippen molar-refractivity contribution in [3.05, 3.63) is 59.7 Å². The first kappa shape index (κ1) is 21.1. The number of hydrogen-bond donors (Lipinski definition) is 1. The molecular formula is C23H31N3O3. The summed E-state index contributed by atoms with van der Waals surface area (Å²) in [6, 6.07) is 16.0. The van der Waals surface area contributed by atoms with Crippen LogP contribution >= 0.6 is 0 Å². The van der Waals surface area contributed by atoms with Crippen molar-refractivity contribution in [1.82, 2.24) is 15.1 Å². The second-order valence-corrected chi connectivity index (χ2v) is 7.49. The molecule has 1 amide bonds. The van der Waals surface area contributed by atoms with Crippen LogP contribution in [-0.4, -0.2) is 75.7 Å². The van der Waals surface area contributed by atoms with Crippen molar-refractivity contribution in [3.63, 3.8) is 0 Å². The number of likely N-dealkylation sites (N-methyl/N-ethyl adjacent to an activating group) is 1. The Bertz CT molecular complexity index is 767. The number of amides is 1. The number of carbonyl (C=O) groups excluding carboxylic acids is 1. The Labute approximate surface area is 173 Å². The molecule has 156 valence electrons. The molecule has 1 N–H and O–H groups in total. The van der Waals surface area contributed by atoms with Crippen LogP contribution < -0.4 is 14.8 Å². The minimum Gasteiger partial charge on any atom is -0.497 e. The van der Waals surface area contributed by atoms with E-state index in [0.717, 1.165) is 32.6 Å². The Morgan fingerprint density at radius 2 is 1.62 bits per heavy atom. The van der Waals surface area contributed by atoms with E-state index in [4.69, 9.17) is 9.47 Å². The third-order valence-corrected chi connectivity index (χ3v) is 5.48. The van der Waals surface area contributed by atoms with Crippen molar-refractivity contribution in [2.75, 3.05) is 54.0 Å². The molecule has 1 heterocycles. The summed E-state index contributed by atoms with van der Waals surface area (Å²) in [5.41, 5.74) is 1.83. The highest BCUT2D eigenvalue weighted by molar-refractivity contribution is 5.95. The summed E-state index contributed by atoms with van der Waals surface area (Å²) in [5, 5.41) is 3.13. The number of methoxy groups -OCH3 is 2. The van der Waals surface area contributed by atoms with Crippen LogP contribution in [0.5, 0.6) is 11.5 Å². The lowest BCUT2D eigenvalue weighted by Gasteiger charge is -2.38. The van der Waals surface area contributed by atoms with E-state index in [-0.39, 0.29) is 11.9 Å². The van der Waals surface area contributed by atoms with Crippen LogP contribution in [0.2, 0.25) is 0 Å². The van der Waals surface area contributed by atoms with Crippen molar-refractivity contribution in [1.29, 1.82) is 0 Å². The van der Waals surface area contributed by atoms with Gasteiger partial charge in [-0.25, -0.2) is 0 Å². The Balaban J connectivity index is 1.69. The molecule has 1 fully saturated rings. The number of ether oxygens (including phenoxy) is 2. The van der Waals surface area contributed by atoms with E-state index in [9.17, 15) is 4.79 Å². The topological polar surface area (TPSA) is 54.0 Å². The third kappa shape index (κ3) is 5.95. The van der Waals surface area contributed by atoms with Gasteiger partial charge in [0.25, 0.3) is 5.91 Å². The summed E-state index contributed by atoms with van der Waals surface area (Å²) in [6.45, 7) is 4.71. The smallest absolute Gasteiger partial charge is 0.251 e. The van der Waals surface area contributed by atoms with E-state index in [2.05, 4.69) is 46.4 Å². The van der Waals surface area contributed by atoms with Gasteiger partial charge in [0, 0.05) is 50.4 Å². The van der Waals surface area contributed by atoms with E-state index in [1.807, 2.05) is 6.07 Å². The monoisotopic (exact) mass is 397 g/mol. The van der Waals surface area contributed by atoms with Crippen molar-refractivity contribution in [3.8, 4) is 11.5 Å². The zero-order chi connectivity index (χ0) is 20.6. The fraction of sp³-hybridized carbons (Fsp3) is 0.435. The van der Waals surface area contributed by atoms with Gasteiger partial charge in [-0.3, -0.25) is 9.69 Å². The van der Waals surface area contributed by atoms with Gasteiger partial charge in [0.05, 0.1) is 14.2 Å². The minimum absolute atomic E-state index is 0.116.